The van der Waals surface area contributed by atoms with E-state index >= 15 is 0 Å². The lowest BCUT2D eigenvalue weighted by Crippen LogP contribution is -2.43. The van der Waals surface area contributed by atoms with E-state index in [1.165, 1.54) is 6.92 Å². The molecule has 1 unspecified atom stereocenters. The number of hydrogen-bond donors (Lipinski definition) is 1. The van der Waals surface area contributed by atoms with E-state index in [1.54, 1.807) is 18.2 Å². The van der Waals surface area contributed by atoms with Gasteiger partial charge in [-0.3, -0.25) is 9.59 Å². The fraction of sp³-hybridized carbons (Fsp3) is 0.467. The standard InChI is InChI=1S/C15H16F3NO4/c1-9(20)23-8-13(21)11-3-2-10-4-5-19(7-12(10)6-11)14(22)15(16,17)18/h2-3,6,13,21H,4-5,7-8H2,1H3. The van der Waals surface area contributed by atoms with E-state index in [9.17, 15) is 27.9 Å². The number of rotatable bonds is 3. The van der Waals surface area contributed by atoms with Crippen molar-refractivity contribution in [3.05, 3.63) is 34.9 Å². The number of halogens is 3. The third-order valence-electron chi connectivity index (χ3n) is 3.60. The fourth-order valence-electron chi connectivity index (χ4n) is 2.43. The van der Waals surface area contributed by atoms with Crippen LogP contribution >= 0.6 is 0 Å². The molecule has 0 saturated carbocycles. The lowest BCUT2D eigenvalue weighted by Gasteiger charge is -2.30. The number of aliphatic hydroxyl groups excluding tert-OH is 1. The Morgan fingerprint density at radius 1 is 1.35 bits per heavy atom. The summed E-state index contributed by atoms with van der Waals surface area (Å²) in [5, 5.41) is 9.94. The number of benzene rings is 1. The molecule has 0 fully saturated rings. The molecule has 1 atom stereocenters. The molecule has 5 nitrogen and oxygen atoms in total. The van der Waals surface area contributed by atoms with E-state index in [2.05, 4.69) is 0 Å². The fourth-order valence-corrected chi connectivity index (χ4v) is 2.43. The van der Waals surface area contributed by atoms with Gasteiger partial charge in [0, 0.05) is 20.0 Å². The highest BCUT2D eigenvalue weighted by Crippen LogP contribution is 2.27. The van der Waals surface area contributed by atoms with Gasteiger partial charge in [0.15, 0.2) is 0 Å². The highest BCUT2D eigenvalue weighted by Gasteiger charge is 2.43. The van der Waals surface area contributed by atoms with Gasteiger partial charge in [-0.1, -0.05) is 18.2 Å². The maximum Gasteiger partial charge on any atom is 0.471 e. The number of carbonyl (C=O) groups is 2. The Bertz CT molecular complexity index is 615. The predicted octanol–water partition coefficient (Wildman–Crippen LogP) is 1.73. The van der Waals surface area contributed by atoms with Gasteiger partial charge in [0.2, 0.25) is 0 Å². The molecule has 0 spiro atoms. The topological polar surface area (TPSA) is 66.8 Å². The molecular weight excluding hydrogens is 315 g/mol. The van der Waals surface area contributed by atoms with Gasteiger partial charge in [0.1, 0.15) is 12.7 Å². The van der Waals surface area contributed by atoms with Crippen molar-refractivity contribution in [2.24, 2.45) is 0 Å². The summed E-state index contributed by atoms with van der Waals surface area (Å²) >= 11 is 0. The lowest BCUT2D eigenvalue weighted by atomic mass is 9.95. The third kappa shape index (κ3) is 4.22. The molecule has 0 aliphatic carbocycles. The monoisotopic (exact) mass is 331 g/mol. The predicted molar refractivity (Wildman–Crippen MR) is 73.2 cm³/mol. The number of nitrogens with zero attached hydrogens (tertiary/aromatic N) is 1. The molecule has 0 radical (unpaired) electrons. The van der Waals surface area contributed by atoms with Crippen LogP contribution in [0.15, 0.2) is 18.2 Å². The number of ether oxygens (including phenoxy) is 1. The van der Waals surface area contributed by atoms with Crippen LogP contribution in [0.25, 0.3) is 0 Å². The lowest BCUT2D eigenvalue weighted by molar-refractivity contribution is -0.186. The molecule has 1 heterocycles. The number of amides is 1. The van der Waals surface area contributed by atoms with E-state index in [0.717, 1.165) is 10.5 Å². The van der Waals surface area contributed by atoms with Crippen molar-refractivity contribution in [3.63, 3.8) is 0 Å². The van der Waals surface area contributed by atoms with E-state index in [0.29, 0.717) is 17.5 Å². The zero-order chi connectivity index (χ0) is 17.2. The Hall–Kier alpha value is -2.09. The van der Waals surface area contributed by atoms with Crippen molar-refractivity contribution in [1.82, 2.24) is 4.90 Å². The molecule has 1 N–H and O–H groups in total. The molecule has 1 aliphatic rings. The average molecular weight is 331 g/mol. The molecule has 0 aromatic heterocycles. The zero-order valence-corrected chi connectivity index (χ0v) is 12.4. The molecule has 1 aliphatic heterocycles. The van der Waals surface area contributed by atoms with E-state index in [-0.39, 0.29) is 19.7 Å². The number of esters is 1. The van der Waals surface area contributed by atoms with Crippen LogP contribution in [0, 0.1) is 0 Å². The minimum absolute atomic E-state index is 0.000686. The molecule has 1 amide bonds. The van der Waals surface area contributed by atoms with Crippen molar-refractivity contribution in [2.45, 2.75) is 32.2 Å². The van der Waals surface area contributed by atoms with Crippen molar-refractivity contribution in [2.75, 3.05) is 13.2 Å². The zero-order valence-electron chi connectivity index (χ0n) is 12.4. The summed E-state index contributed by atoms with van der Waals surface area (Å²) in [7, 11) is 0. The average Bonchev–Trinajstić information content (AvgIpc) is 2.49. The first kappa shape index (κ1) is 17.3. The van der Waals surface area contributed by atoms with Crippen LogP contribution in [-0.2, 0) is 27.3 Å². The van der Waals surface area contributed by atoms with Crippen molar-refractivity contribution in [1.29, 1.82) is 0 Å². The highest BCUT2D eigenvalue weighted by molar-refractivity contribution is 5.82. The Morgan fingerprint density at radius 3 is 2.65 bits per heavy atom. The maximum absolute atomic E-state index is 12.5. The first-order chi connectivity index (χ1) is 10.7. The molecule has 126 valence electrons. The molecule has 1 aromatic carbocycles. The number of alkyl halides is 3. The minimum atomic E-state index is -4.90. The van der Waals surface area contributed by atoms with Crippen molar-refractivity contribution in [3.8, 4) is 0 Å². The minimum Gasteiger partial charge on any atom is -0.463 e. The van der Waals surface area contributed by atoms with Gasteiger partial charge in [-0.25, -0.2) is 0 Å². The highest BCUT2D eigenvalue weighted by atomic mass is 19.4. The molecule has 2 rings (SSSR count). The number of carbonyl (C=O) groups excluding carboxylic acids is 2. The Labute approximate surface area is 130 Å². The van der Waals surface area contributed by atoms with Crippen molar-refractivity contribution >= 4 is 11.9 Å². The van der Waals surface area contributed by atoms with Crippen LogP contribution in [0.1, 0.15) is 29.7 Å². The van der Waals surface area contributed by atoms with E-state index in [4.69, 9.17) is 4.74 Å². The third-order valence-corrected chi connectivity index (χ3v) is 3.60. The largest absolute Gasteiger partial charge is 0.471 e. The molecule has 8 heteroatoms. The Morgan fingerprint density at radius 2 is 2.04 bits per heavy atom. The SMILES string of the molecule is CC(=O)OCC(O)c1ccc2c(c1)CN(C(=O)C(F)(F)F)CC2. The van der Waals surface area contributed by atoms with Gasteiger partial charge in [-0.2, -0.15) is 13.2 Å². The second-order valence-electron chi connectivity index (χ2n) is 5.32. The number of fused-ring (bicyclic) bond motifs is 1. The van der Waals surface area contributed by atoms with Crippen molar-refractivity contribution < 1.29 is 32.6 Å². The number of hydrogen-bond acceptors (Lipinski definition) is 4. The molecular formula is C15H16F3NO4. The number of aliphatic hydroxyl groups is 1. The summed E-state index contributed by atoms with van der Waals surface area (Å²) in [4.78, 5) is 22.8. The van der Waals surface area contributed by atoms with Crippen LogP contribution < -0.4 is 0 Å². The van der Waals surface area contributed by atoms with Gasteiger partial charge in [0.25, 0.3) is 0 Å². The second kappa shape index (κ2) is 6.57. The summed E-state index contributed by atoms with van der Waals surface area (Å²) in [5.41, 5.74) is 1.80. The van der Waals surface area contributed by atoms with Gasteiger partial charge in [0.05, 0.1) is 0 Å². The van der Waals surface area contributed by atoms with Crippen LogP contribution in [0.3, 0.4) is 0 Å². The van der Waals surface area contributed by atoms with Crippen LogP contribution in [-0.4, -0.2) is 41.2 Å². The maximum atomic E-state index is 12.5. The first-order valence-corrected chi connectivity index (χ1v) is 6.97. The molecule has 0 saturated heterocycles. The molecule has 23 heavy (non-hydrogen) atoms. The van der Waals surface area contributed by atoms with Crippen LogP contribution in [0.5, 0.6) is 0 Å². The van der Waals surface area contributed by atoms with Gasteiger partial charge in [-0.15, -0.1) is 0 Å². The van der Waals surface area contributed by atoms with Gasteiger partial charge >= 0.3 is 18.1 Å². The quantitative estimate of drug-likeness (QED) is 0.857. The Balaban J connectivity index is 2.14. The second-order valence-corrected chi connectivity index (χ2v) is 5.32. The molecule has 1 aromatic rings. The molecule has 0 bridgehead atoms. The van der Waals surface area contributed by atoms with Gasteiger partial charge in [-0.05, 0) is 23.1 Å². The van der Waals surface area contributed by atoms with E-state index in [1.807, 2.05) is 0 Å². The van der Waals surface area contributed by atoms with Crippen LogP contribution in [0.4, 0.5) is 13.2 Å². The summed E-state index contributed by atoms with van der Waals surface area (Å²) in [5.74, 6) is -2.40. The van der Waals surface area contributed by atoms with Crippen LogP contribution in [0.2, 0.25) is 0 Å². The smallest absolute Gasteiger partial charge is 0.463 e. The summed E-state index contributed by atoms with van der Waals surface area (Å²) in [6.07, 6.45) is -5.65. The van der Waals surface area contributed by atoms with Gasteiger partial charge < -0.3 is 14.7 Å². The Kier molecular flexibility index (Phi) is 4.93. The summed E-state index contributed by atoms with van der Waals surface area (Å²) in [6.45, 7) is 0.808. The first-order valence-electron chi connectivity index (χ1n) is 6.97. The summed E-state index contributed by atoms with van der Waals surface area (Å²) < 4.78 is 42.2. The van der Waals surface area contributed by atoms with E-state index < -0.39 is 24.2 Å². The normalized spacial score (nSPS) is 15.8. The summed E-state index contributed by atoms with van der Waals surface area (Å²) in [6, 6.07) is 4.88.